The van der Waals surface area contributed by atoms with Gasteiger partial charge in [0.05, 0.1) is 6.04 Å². The molecule has 2 N–H and O–H groups in total. The van der Waals surface area contributed by atoms with Crippen molar-refractivity contribution in [3.05, 3.63) is 41.5 Å². The van der Waals surface area contributed by atoms with Crippen LogP contribution in [0.2, 0.25) is 0 Å². The van der Waals surface area contributed by atoms with Crippen LogP contribution in [-0.2, 0) is 4.79 Å². The number of hydrogen-bond donors (Lipinski definition) is 2. The first-order chi connectivity index (χ1) is 9.49. The number of benzene rings is 1. The number of carbonyl (C=O) groups excluding carboxylic acids is 1. The van der Waals surface area contributed by atoms with Gasteiger partial charge in [0, 0.05) is 0 Å². The lowest BCUT2D eigenvalue weighted by Gasteiger charge is -2.21. The molecule has 0 aliphatic rings. The molecule has 0 aromatic heterocycles. The Bertz CT molecular complexity index is 460. The maximum Gasteiger partial charge on any atom is 0.315 e. The van der Waals surface area contributed by atoms with Crippen LogP contribution in [0, 0.1) is 0 Å². The minimum Gasteiger partial charge on any atom is -0.386 e. The molecule has 0 saturated heterocycles. The number of hydrogen-bond acceptors (Lipinski definition) is 2. The van der Waals surface area contributed by atoms with Crippen LogP contribution in [0.15, 0.2) is 30.3 Å². The van der Waals surface area contributed by atoms with Gasteiger partial charge in [0.15, 0.2) is 0 Å². The Labute approximate surface area is 115 Å². The third-order valence-corrected chi connectivity index (χ3v) is 2.71. The van der Waals surface area contributed by atoms with Gasteiger partial charge >= 0.3 is 6.43 Å². The molecule has 0 fully saturated rings. The van der Waals surface area contributed by atoms with Gasteiger partial charge in [0.1, 0.15) is 12.8 Å². The number of amides is 1. The fourth-order valence-electron chi connectivity index (χ4n) is 1.68. The van der Waals surface area contributed by atoms with Gasteiger partial charge in [-0.3, -0.25) is 4.79 Å². The van der Waals surface area contributed by atoms with Gasteiger partial charge in [-0.15, -0.1) is 0 Å². The third kappa shape index (κ3) is 4.38. The van der Waals surface area contributed by atoms with Crippen molar-refractivity contribution in [1.82, 2.24) is 5.32 Å². The molecule has 0 aliphatic carbocycles. The number of aliphatic hydroxyl groups excluding tert-OH is 1. The lowest BCUT2D eigenvalue weighted by molar-refractivity contribution is -0.133. The SMILES string of the molecule is CC=Cc1ccc(C(O)C(CF)NC(=O)C(F)F)cc1. The Morgan fingerprint density at radius 2 is 1.95 bits per heavy atom. The van der Waals surface area contributed by atoms with E-state index >= 15 is 0 Å². The molecule has 0 heterocycles. The van der Waals surface area contributed by atoms with Gasteiger partial charge in [-0.1, -0.05) is 36.4 Å². The average molecular weight is 287 g/mol. The second kappa shape index (κ2) is 7.69. The normalized spacial score (nSPS) is 14.5. The van der Waals surface area contributed by atoms with Crippen molar-refractivity contribution in [2.75, 3.05) is 6.67 Å². The number of nitrogens with one attached hydrogen (secondary N) is 1. The van der Waals surface area contributed by atoms with Crippen LogP contribution >= 0.6 is 0 Å². The van der Waals surface area contributed by atoms with Crippen molar-refractivity contribution in [2.24, 2.45) is 0 Å². The Morgan fingerprint density at radius 3 is 2.40 bits per heavy atom. The van der Waals surface area contributed by atoms with E-state index in [1.165, 1.54) is 0 Å². The molecule has 0 saturated carbocycles. The minimum atomic E-state index is -3.24. The van der Waals surface area contributed by atoms with Crippen molar-refractivity contribution in [3.63, 3.8) is 0 Å². The summed E-state index contributed by atoms with van der Waals surface area (Å²) < 4.78 is 37.0. The highest BCUT2D eigenvalue weighted by molar-refractivity contribution is 5.79. The zero-order valence-corrected chi connectivity index (χ0v) is 10.9. The second-order valence-electron chi connectivity index (χ2n) is 4.18. The second-order valence-corrected chi connectivity index (χ2v) is 4.18. The van der Waals surface area contributed by atoms with Crippen LogP contribution in [0.3, 0.4) is 0 Å². The summed E-state index contributed by atoms with van der Waals surface area (Å²) in [6.07, 6.45) is -0.962. The van der Waals surface area contributed by atoms with Crippen LogP contribution in [0.5, 0.6) is 0 Å². The predicted octanol–water partition coefficient (Wildman–Crippen LogP) is 2.47. The van der Waals surface area contributed by atoms with Crippen LogP contribution in [0.25, 0.3) is 6.08 Å². The van der Waals surface area contributed by atoms with E-state index < -0.39 is 31.2 Å². The standard InChI is InChI=1S/C14H16F3NO2/c1-2-3-9-4-6-10(7-5-9)12(19)11(8-15)18-14(20)13(16)17/h2-7,11-13,19H,8H2,1H3,(H,18,20). The van der Waals surface area contributed by atoms with E-state index in [1.54, 1.807) is 29.6 Å². The molecule has 0 radical (unpaired) electrons. The lowest BCUT2D eigenvalue weighted by Crippen LogP contribution is -2.43. The van der Waals surface area contributed by atoms with Crippen LogP contribution in [0.1, 0.15) is 24.2 Å². The predicted molar refractivity (Wildman–Crippen MR) is 70.0 cm³/mol. The molecule has 110 valence electrons. The van der Waals surface area contributed by atoms with Crippen LogP contribution < -0.4 is 5.32 Å². The van der Waals surface area contributed by atoms with E-state index in [2.05, 4.69) is 0 Å². The molecule has 2 unspecified atom stereocenters. The summed E-state index contributed by atoms with van der Waals surface area (Å²) >= 11 is 0. The minimum absolute atomic E-state index is 0.343. The van der Waals surface area contributed by atoms with Crippen molar-refractivity contribution >= 4 is 12.0 Å². The van der Waals surface area contributed by atoms with Crippen molar-refractivity contribution in [2.45, 2.75) is 25.5 Å². The van der Waals surface area contributed by atoms with Gasteiger partial charge < -0.3 is 10.4 Å². The highest BCUT2D eigenvalue weighted by Crippen LogP contribution is 2.19. The molecule has 3 nitrogen and oxygen atoms in total. The first-order valence-electron chi connectivity index (χ1n) is 6.04. The maximum atomic E-state index is 12.8. The topological polar surface area (TPSA) is 49.3 Å². The van der Waals surface area contributed by atoms with Crippen molar-refractivity contribution in [3.8, 4) is 0 Å². The first kappa shape index (κ1) is 16.2. The quantitative estimate of drug-likeness (QED) is 0.844. The highest BCUT2D eigenvalue weighted by Gasteiger charge is 2.26. The molecule has 0 aliphatic heterocycles. The monoisotopic (exact) mass is 287 g/mol. The Balaban J connectivity index is 2.79. The third-order valence-electron chi connectivity index (χ3n) is 2.71. The first-order valence-corrected chi connectivity index (χ1v) is 6.04. The number of halogens is 3. The van der Waals surface area contributed by atoms with Crippen molar-refractivity contribution < 1.29 is 23.1 Å². The van der Waals surface area contributed by atoms with E-state index in [1.807, 2.05) is 19.1 Å². The zero-order chi connectivity index (χ0) is 15.1. The molecule has 0 spiro atoms. The van der Waals surface area contributed by atoms with Gasteiger partial charge in [-0.2, -0.15) is 8.78 Å². The molecule has 1 rings (SSSR count). The molecule has 0 bridgehead atoms. The van der Waals surface area contributed by atoms with E-state index in [9.17, 15) is 23.1 Å². The summed E-state index contributed by atoms with van der Waals surface area (Å²) in [5.41, 5.74) is 1.23. The molecule has 1 aromatic carbocycles. The zero-order valence-electron chi connectivity index (χ0n) is 10.9. The van der Waals surface area contributed by atoms with E-state index in [4.69, 9.17) is 0 Å². The number of alkyl halides is 3. The summed E-state index contributed by atoms with van der Waals surface area (Å²) in [5.74, 6) is -1.60. The Hall–Kier alpha value is -1.82. The number of rotatable bonds is 6. The van der Waals surface area contributed by atoms with E-state index in [0.29, 0.717) is 5.56 Å². The summed E-state index contributed by atoms with van der Waals surface area (Å²) in [6, 6.07) is 5.10. The fourth-order valence-corrected chi connectivity index (χ4v) is 1.68. The number of carbonyl (C=O) groups is 1. The average Bonchev–Trinajstić information content (AvgIpc) is 2.44. The molecule has 20 heavy (non-hydrogen) atoms. The molecule has 2 atom stereocenters. The molecule has 1 aromatic rings. The largest absolute Gasteiger partial charge is 0.386 e. The molecular formula is C14H16F3NO2. The number of allylic oxidation sites excluding steroid dienone is 1. The van der Waals surface area contributed by atoms with Crippen LogP contribution in [-0.4, -0.2) is 30.2 Å². The lowest BCUT2D eigenvalue weighted by atomic mass is 10.0. The van der Waals surface area contributed by atoms with E-state index in [0.717, 1.165) is 5.56 Å². The summed E-state index contributed by atoms with van der Waals surface area (Å²) in [5, 5.41) is 11.7. The number of aliphatic hydroxyl groups is 1. The van der Waals surface area contributed by atoms with Gasteiger partial charge in [-0.25, -0.2) is 4.39 Å². The molecule has 6 heteroatoms. The summed E-state index contributed by atoms with van der Waals surface area (Å²) in [4.78, 5) is 10.8. The fraction of sp³-hybridized carbons (Fsp3) is 0.357. The summed E-state index contributed by atoms with van der Waals surface area (Å²) in [7, 11) is 0. The van der Waals surface area contributed by atoms with Gasteiger partial charge in [0.25, 0.3) is 5.91 Å². The smallest absolute Gasteiger partial charge is 0.315 e. The van der Waals surface area contributed by atoms with Crippen LogP contribution in [0.4, 0.5) is 13.2 Å². The van der Waals surface area contributed by atoms with E-state index in [-0.39, 0.29) is 0 Å². The Kier molecular flexibility index (Phi) is 6.24. The molecule has 1 amide bonds. The van der Waals surface area contributed by atoms with Crippen molar-refractivity contribution in [1.29, 1.82) is 0 Å². The summed E-state index contributed by atoms with van der Waals surface area (Å²) in [6.45, 7) is 0.706. The van der Waals surface area contributed by atoms with Gasteiger partial charge in [0.2, 0.25) is 0 Å². The van der Waals surface area contributed by atoms with Gasteiger partial charge in [-0.05, 0) is 18.1 Å². The molecular weight excluding hydrogens is 271 g/mol. The Morgan fingerprint density at radius 1 is 1.35 bits per heavy atom. The maximum absolute atomic E-state index is 12.8. The highest BCUT2D eigenvalue weighted by atomic mass is 19.3.